The molecule has 0 saturated carbocycles. The van der Waals surface area contributed by atoms with Gasteiger partial charge in [-0.05, 0) is 11.1 Å². The maximum absolute atomic E-state index is 12.5. The number of ether oxygens (including phenoxy) is 1. The molecule has 5 nitrogen and oxygen atoms in total. The van der Waals surface area contributed by atoms with Gasteiger partial charge in [-0.2, -0.15) is 4.79 Å². The highest BCUT2D eigenvalue weighted by Crippen LogP contribution is 2.26. The molecule has 0 spiro atoms. The number of nitrogens with zero attached hydrogens (tertiary/aromatic N) is 3. The van der Waals surface area contributed by atoms with Gasteiger partial charge in [-0.25, -0.2) is 9.78 Å². The Bertz CT molecular complexity index is 818. The third-order valence-corrected chi connectivity index (χ3v) is 3.98. The van der Waals surface area contributed by atoms with Crippen LogP contribution in [0.2, 0.25) is 0 Å². The van der Waals surface area contributed by atoms with Gasteiger partial charge in [0.25, 0.3) is 0 Å². The summed E-state index contributed by atoms with van der Waals surface area (Å²) in [6.07, 6.45) is -0.602. The first-order chi connectivity index (χ1) is 11.8. The molecule has 24 heavy (non-hydrogen) atoms. The highest BCUT2D eigenvalue weighted by Gasteiger charge is 2.30. The molecule has 6 heteroatoms. The van der Waals surface area contributed by atoms with E-state index in [0.717, 1.165) is 11.1 Å². The Morgan fingerprint density at radius 1 is 1.04 bits per heavy atom. The van der Waals surface area contributed by atoms with E-state index in [1.807, 2.05) is 60.7 Å². The van der Waals surface area contributed by atoms with E-state index >= 15 is 0 Å². The molecule has 0 amide bonds. The Kier molecular flexibility index (Phi) is 4.91. The Labute approximate surface area is 142 Å². The van der Waals surface area contributed by atoms with Crippen LogP contribution in [0.4, 0.5) is 0 Å². The van der Waals surface area contributed by atoms with E-state index in [0.29, 0.717) is 0 Å². The minimum absolute atomic E-state index is 0.215. The Hall–Kier alpha value is -3.08. The average Bonchev–Trinajstić information content (AvgIpc) is 3.16. The molecular formula is C18H13N3O2S. The standard InChI is InChI=1S/C18H13N3O2S/c19-21-16(15-11-24-12-20-15)18(22)23-17(13-7-3-1-4-8-13)14-9-5-2-6-10-14/h1-12,17H. The van der Waals surface area contributed by atoms with Gasteiger partial charge in [0.1, 0.15) is 0 Å². The molecule has 0 bridgehead atoms. The summed E-state index contributed by atoms with van der Waals surface area (Å²) < 4.78 is 5.63. The van der Waals surface area contributed by atoms with Crippen LogP contribution in [0.1, 0.15) is 22.9 Å². The van der Waals surface area contributed by atoms with E-state index in [9.17, 15) is 10.3 Å². The minimum Gasteiger partial charge on any atom is -0.444 e. The van der Waals surface area contributed by atoms with E-state index in [2.05, 4.69) is 9.77 Å². The number of carbonyl (C=O) groups excluding carboxylic acids is 1. The van der Waals surface area contributed by atoms with Gasteiger partial charge >= 0.3 is 11.7 Å². The molecule has 0 saturated heterocycles. The van der Waals surface area contributed by atoms with Gasteiger partial charge in [-0.1, -0.05) is 60.7 Å². The fourth-order valence-electron chi connectivity index (χ4n) is 2.27. The molecular weight excluding hydrogens is 322 g/mol. The molecule has 0 aliphatic rings. The van der Waals surface area contributed by atoms with Crippen molar-refractivity contribution in [2.24, 2.45) is 0 Å². The zero-order valence-corrected chi connectivity index (χ0v) is 13.4. The van der Waals surface area contributed by atoms with Crippen LogP contribution in [0.3, 0.4) is 0 Å². The lowest BCUT2D eigenvalue weighted by molar-refractivity contribution is -0.143. The predicted molar refractivity (Wildman–Crippen MR) is 90.7 cm³/mol. The second-order valence-electron chi connectivity index (χ2n) is 4.93. The predicted octanol–water partition coefficient (Wildman–Crippen LogP) is 3.49. The van der Waals surface area contributed by atoms with Crippen LogP contribution in [0.5, 0.6) is 0 Å². The van der Waals surface area contributed by atoms with Crippen molar-refractivity contribution >= 4 is 23.0 Å². The molecule has 3 aromatic rings. The Balaban J connectivity index is 1.93. The molecule has 3 rings (SSSR count). The van der Waals surface area contributed by atoms with Crippen LogP contribution in [0.15, 0.2) is 71.6 Å². The van der Waals surface area contributed by atoms with Gasteiger partial charge in [0, 0.05) is 5.38 Å². The summed E-state index contributed by atoms with van der Waals surface area (Å²) in [6, 6.07) is 18.8. The number of esters is 1. The van der Waals surface area contributed by atoms with E-state index in [4.69, 9.17) is 4.74 Å². The van der Waals surface area contributed by atoms with Crippen LogP contribution in [0, 0.1) is 0 Å². The van der Waals surface area contributed by atoms with E-state index < -0.39 is 12.1 Å². The van der Waals surface area contributed by atoms with Crippen LogP contribution in [-0.4, -0.2) is 21.5 Å². The van der Waals surface area contributed by atoms with E-state index in [1.165, 1.54) is 11.3 Å². The number of hydrogen-bond donors (Lipinski definition) is 0. The second-order valence-corrected chi connectivity index (χ2v) is 5.65. The molecule has 2 aromatic carbocycles. The summed E-state index contributed by atoms with van der Waals surface area (Å²) in [5.41, 5.74) is 12.5. The summed E-state index contributed by atoms with van der Waals surface area (Å²) in [5, 5.41) is 1.62. The van der Waals surface area contributed by atoms with Crippen LogP contribution in [0.25, 0.3) is 5.53 Å². The maximum atomic E-state index is 12.5. The van der Waals surface area contributed by atoms with E-state index in [1.54, 1.807) is 10.9 Å². The fraction of sp³-hybridized carbons (Fsp3) is 0.0556. The average molecular weight is 335 g/mol. The largest absolute Gasteiger partial charge is 0.444 e. The lowest BCUT2D eigenvalue weighted by Crippen LogP contribution is -2.23. The zero-order valence-electron chi connectivity index (χ0n) is 12.6. The van der Waals surface area contributed by atoms with Gasteiger partial charge < -0.3 is 10.3 Å². The van der Waals surface area contributed by atoms with Crippen molar-refractivity contribution in [1.82, 2.24) is 4.98 Å². The van der Waals surface area contributed by atoms with Crippen molar-refractivity contribution in [3.05, 3.63) is 93.9 Å². The number of carbonyl (C=O) groups is 1. The van der Waals surface area contributed by atoms with Crippen LogP contribution in [-0.2, 0) is 9.53 Å². The lowest BCUT2D eigenvalue weighted by atomic mass is 10.0. The second kappa shape index (κ2) is 7.46. The Morgan fingerprint density at radius 3 is 2.08 bits per heavy atom. The summed E-state index contributed by atoms with van der Waals surface area (Å²) in [4.78, 5) is 19.5. The number of aromatic nitrogens is 1. The van der Waals surface area contributed by atoms with Crippen molar-refractivity contribution in [3.8, 4) is 0 Å². The number of thiazole rings is 1. The number of rotatable bonds is 5. The molecule has 1 aromatic heterocycles. The highest BCUT2D eigenvalue weighted by atomic mass is 32.1. The molecule has 0 unspecified atom stereocenters. The first-order valence-electron chi connectivity index (χ1n) is 7.21. The molecule has 0 aliphatic heterocycles. The first kappa shape index (κ1) is 15.8. The monoisotopic (exact) mass is 335 g/mol. The van der Waals surface area contributed by atoms with Gasteiger partial charge in [0.15, 0.2) is 11.8 Å². The van der Waals surface area contributed by atoms with Gasteiger partial charge in [-0.15, -0.1) is 11.3 Å². The van der Waals surface area contributed by atoms with E-state index in [-0.39, 0.29) is 11.4 Å². The number of hydrogen-bond acceptors (Lipinski definition) is 4. The molecule has 0 N–H and O–H groups in total. The van der Waals surface area contributed by atoms with Crippen molar-refractivity contribution in [3.63, 3.8) is 0 Å². The SMILES string of the molecule is [N-]=[N+]=C(C(=O)OC(c1ccccc1)c1ccccc1)c1cscn1. The third-order valence-electron chi connectivity index (χ3n) is 3.40. The molecule has 0 atom stereocenters. The molecule has 0 aliphatic carbocycles. The first-order valence-corrected chi connectivity index (χ1v) is 8.15. The lowest BCUT2D eigenvalue weighted by Gasteiger charge is -2.17. The van der Waals surface area contributed by atoms with Crippen LogP contribution < -0.4 is 0 Å². The van der Waals surface area contributed by atoms with Crippen LogP contribution >= 0.6 is 11.3 Å². The normalized spacial score (nSPS) is 10.2. The smallest absolute Gasteiger partial charge is 0.425 e. The molecule has 0 fully saturated rings. The number of benzene rings is 2. The topological polar surface area (TPSA) is 75.6 Å². The van der Waals surface area contributed by atoms with Gasteiger partial charge in [0.2, 0.25) is 0 Å². The molecule has 118 valence electrons. The van der Waals surface area contributed by atoms with Gasteiger partial charge in [0.05, 0.1) is 5.51 Å². The zero-order chi connectivity index (χ0) is 16.8. The highest BCUT2D eigenvalue weighted by molar-refractivity contribution is 7.07. The fourth-order valence-corrected chi connectivity index (χ4v) is 2.81. The summed E-state index contributed by atoms with van der Waals surface area (Å²) in [6.45, 7) is 0. The molecule has 0 radical (unpaired) electrons. The minimum atomic E-state index is -0.735. The Morgan fingerprint density at radius 2 is 1.62 bits per heavy atom. The molecule has 1 heterocycles. The summed E-state index contributed by atoms with van der Waals surface area (Å²) >= 11 is 1.30. The van der Waals surface area contributed by atoms with Gasteiger partial charge in [-0.3, -0.25) is 0 Å². The van der Waals surface area contributed by atoms with Crippen molar-refractivity contribution < 1.29 is 14.3 Å². The summed E-state index contributed by atoms with van der Waals surface area (Å²) in [5.74, 6) is -0.735. The quantitative estimate of drug-likeness (QED) is 0.310. The maximum Gasteiger partial charge on any atom is 0.425 e. The summed E-state index contributed by atoms with van der Waals surface area (Å²) in [7, 11) is 0. The van der Waals surface area contributed by atoms with Crippen molar-refractivity contribution in [1.29, 1.82) is 0 Å². The van der Waals surface area contributed by atoms with Crippen molar-refractivity contribution in [2.45, 2.75) is 6.10 Å². The third kappa shape index (κ3) is 3.46. The van der Waals surface area contributed by atoms with Crippen molar-refractivity contribution in [2.75, 3.05) is 0 Å².